The van der Waals surface area contributed by atoms with Crippen molar-refractivity contribution in [1.82, 2.24) is 0 Å². The zero-order valence-corrected chi connectivity index (χ0v) is 25.4. The molecule has 3 unspecified atom stereocenters. The maximum Gasteiger partial charge on any atom is 0.513 e. The number of esters is 1. The number of aliphatic carboxylic acids is 1. The van der Waals surface area contributed by atoms with E-state index in [1.54, 1.807) is 34.6 Å². The number of carbonyl (C=O) groups excluding carboxylic acids is 3. The zero-order valence-electron chi connectivity index (χ0n) is 25.4. The van der Waals surface area contributed by atoms with Crippen LogP contribution in [0, 0.1) is 11.3 Å². The number of carboxylic acid groups (broad SMARTS) is 1. The number of benzene rings is 1. The monoisotopic (exact) mass is 581 g/mol. The fourth-order valence-electron chi connectivity index (χ4n) is 3.89. The molecular weight excluding hydrogens is 534 g/mol. The van der Waals surface area contributed by atoms with Crippen molar-refractivity contribution in [2.75, 3.05) is 13.2 Å². The summed E-state index contributed by atoms with van der Waals surface area (Å²) in [5, 5.41) is 9.78. The molecule has 0 amide bonds. The van der Waals surface area contributed by atoms with Gasteiger partial charge in [-0.3, -0.25) is 9.59 Å². The molecule has 4 atom stereocenters. The van der Waals surface area contributed by atoms with E-state index < -0.39 is 53.6 Å². The third-order valence-electron chi connectivity index (χ3n) is 6.56. The Balaban J connectivity index is 3.36. The first-order valence-corrected chi connectivity index (χ1v) is 14.2. The van der Waals surface area contributed by atoms with Gasteiger partial charge in [0.2, 0.25) is 0 Å². The van der Waals surface area contributed by atoms with Gasteiger partial charge in [0.1, 0.15) is 12.1 Å². The molecule has 0 bridgehead atoms. The number of nitrogens with two attached hydrogens (primary N) is 1. The number of hydrogen-bond acceptors (Lipinski definition) is 10. The van der Waals surface area contributed by atoms with E-state index in [4.69, 9.17) is 29.4 Å². The molecule has 0 aliphatic heterocycles. The summed E-state index contributed by atoms with van der Waals surface area (Å²) in [5.41, 5.74) is 5.72. The fraction of sp³-hybridized carbons (Fsp3) is 0.667. The summed E-state index contributed by atoms with van der Waals surface area (Å²) in [4.78, 5) is 49.2. The van der Waals surface area contributed by atoms with Crippen LogP contribution in [0.1, 0.15) is 98.5 Å². The van der Waals surface area contributed by atoms with Crippen LogP contribution >= 0.6 is 0 Å². The first-order valence-electron chi connectivity index (χ1n) is 14.2. The molecule has 1 aromatic carbocycles. The Morgan fingerprint density at radius 3 is 1.83 bits per heavy atom. The normalized spacial score (nSPS) is 14.2. The Morgan fingerprint density at radius 1 is 0.854 bits per heavy atom. The van der Waals surface area contributed by atoms with Crippen LogP contribution < -0.4 is 15.2 Å². The number of carbonyl (C=O) groups is 4. The fourth-order valence-corrected chi connectivity index (χ4v) is 3.89. The molecule has 0 fully saturated rings. The minimum Gasteiger partial charge on any atom is -0.480 e. The Labute approximate surface area is 243 Å². The quantitative estimate of drug-likeness (QED) is 0.0988. The van der Waals surface area contributed by atoms with Crippen LogP contribution in [0.3, 0.4) is 0 Å². The molecule has 0 heterocycles. The van der Waals surface area contributed by atoms with E-state index in [-0.39, 0.29) is 24.7 Å². The second kappa shape index (κ2) is 17.5. The number of carboxylic acids is 1. The third kappa shape index (κ3) is 12.4. The van der Waals surface area contributed by atoms with Crippen molar-refractivity contribution in [2.45, 2.75) is 105 Å². The standard InChI is InChI=1S/C30H47NO10/c1-8-10-12-16-37-28(35)40-22-15-14-21(18-23(22)41-29(36)38-17-13-11-9-2)24(25(31)26(32)33)19(3)20(4)39-27(34)30(5,6)7/h14-15,18-20,24-25H,8-13,16-17,31H2,1-7H3,(H,32,33)/t19?,20?,24?,25-/m0/s1. The molecular formula is C30H47NO10. The predicted octanol–water partition coefficient (Wildman–Crippen LogP) is 6.21. The summed E-state index contributed by atoms with van der Waals surface area (Å²) in [5.74, 6) is -3.48. The molecule has 0 spiro atoms. The average molecular weight is 582 g/mol. The maximum atomic E-state index is 12.5. The van der Waals surface area contributed by atoms with E-state index in [0.717, 1.165) is 25.7 Å². The lowest BCUT2D eigenvalue weighted by atomic mass is 9.79. The zero-order chi connectivity index (χ0) is 31.2. The molecule has 0 aliphatic carbocycles. The second-order valence-electron chi connectivity index (χ2n) is 11.1. The summed E-state index contributed by atoms with van der Waals surface area (Å²) in [7, 11) is 0. The number of ether oxygens (including phenoxy) is 5. The number of rotatable bonds is 16. The summed E-state index contributed by atoms with van der Waals surface area (Å²) >= 11 is 0. The molecule has 0 saturated carbocycles. The minimum absolute atomic E-state index is 0.123. The van der Waals surface area contributed by atoms with Crippen molar-refractivity contribution in [3.8, 4) is 11.5 Å². The van der Waals surface area contributed by atoms with Gasteiger partial charge in [0.15, 0.2) is 11.5 Å². The summed E-state index contributed by atoms with van der Waals surface area (Å²) in [6, 6.07) is 2.85. The van der Waals surface area contributed by atoms with Gasteiger partial charge in [0.25, 0.3) is 0 Å². The van der Waals surface area contributed by atoms with E-state index in [2.05, 4.69) is 0 Å². The Morgan fingerprint density at radius 2 is 1.37 bits per heavy atom. The lowest BCUT2D eigenvalue weighted by molar-refractivity contribution is -0.160. The van der Waals surface area contributed by atoms with Gasteiger partial charge in [-0.2, -0.15) is 0 Å². The molecule has 0 radical (unpaired) electrons. The van der Waals surface area contributed by atoms with Crippen LogP contribution in [0.15, 0.2) is 18.2 Å². The Bertz CT molecular complexity index is 1000. The van der Waals surface area contributed by atoms with E-state index in [1.807, 2.05) is 13.8 Å². The molecule has 0 aromatic heterocycles. The van der Waals surface area contributed by atoms with Gasteiger partial charge in [-0.1, -0.05) is 52.5 Å². The Hall–Kier alpha value is -3.34. The van der Waals surface area contributed by atoms with Gasteiger partial charge < -0.3 is 34.5 Å². The molecule has 1 aromatic rings. The summed E-state index contributed by atoms with van der Waals surface area (Å²) in [6.07, 6.45) is 2.25. The van der Waals surface area contributed by atoms with Gasteiger partial charge in [0, 0.05) is 11.8 Å². The van der Waals surface area contributed by atoms with Crippen molar-refractivity contribution >= 4 is 24.2 Å². The molecule has 11 nitrogen and oxygen atoms in total. The first-order chi connectivity index (χ1) is 19.2. The first kappa shape index (κ1) is 35.7. The van der Waals surface area contributed by atoms with E-state index in [9.17, 15) is 24.3 Å². The molecule has 41 heavy (non-hydrogen) atoms. The molecule has 0 saturated heterocycles. The Kier molecular flexibility index (Phi) is 15.2. The van der Waals surface area contributed by atoms with Crippen molar-refractivity contribution in [3.05, 3.63) is 23.8 Å². The predicted molar refractivity (Wildman–Crippen MR) is 152 cm³/mol. The van der Waals surface area contributed by atoms with Crippen molar-refractivity contribution in [3.63, 3.8) is 0 Å². The van der Waals surface area contributed by atoms with Crippen LogP contribution in [0.25, 0.3) is 0 Å². The van der Waals surface area contributed by atoms with Crippen LogP contribution in [-0.2, 0) is 23.8 Å². The highest BCUT2D eigenvalue weighted by Gasteiger charge is 2.37. The summed E-state index contributed by atoms with van der Waals surface area (Å²) in [6.45, 7) is 12.9. The van der Waals surface area contributed by atoms with Gasteiger partial charge >= 0.3 is 24.2 Å². The van der Waals surface area contributed by atoms with Gasteiger partial charge in [0.05, 0.1) is 18.6 Å². The smallest absolute Gasteiger partial charge is 0.480 e. The van der Waals surface area contributed by atoms with Crippen LogP contribution in [0.5, 0.6) is 11.5 Å². The van der Waals surface area contributed by atoms with Crippen molar-refractivity contribution < 1.29 is 48.0 Å². The second-order valence-corrected chi connectivity index (χ2v) is 11.1. The maximum absolute atomic E-state index is 12.5. The molecule has 1 rings (SSSR count). The minimum atomic E-state index is -1.40. The molecule has 232 valence electrons. The average Bonchev–Trinajstić information content (AvgIpc) is 2.89. The van der Waals surface area contributed by atoms with Crippen molar-refractivity contribution in [1.29, 1.82) is 0 Å². The molecule has 0 aliphatic rings. The highest BCUT2D eigenvalue weighted by Crippen LogP contribution is 2.37. The van der Waals surface area contributed by atoms with E-state index >= 15 is 0 Å². The molecule has 3 N–H and O–H groups in total. The summed E-state index contributed by atoms with van der Waals surface area (Å²) < 4.78 is 26.5. The topological polar surface area (TPSA) is 161 Å². The SMILES string of the molecule is CCCCCOC(=O)Oc1ccc(C(C(C)C(C)OC(=O)C(C)(C)C)[C@H](N)C(=O)O)cc1OC(=O)OCCCCC. The van der Waals surface area contributed by atoms with Crippen molar-refractivity contribution in [2.24, 2.45) is 17.1 Å². The third-order valence-corrected chi connectivity index (χ3v) is 6.56. The van der Waals surface area contributed by atoms with Gasteiger partial charge in [-0.25, -0.2) is 9.59 Å². The largest absolute Gasteiger partial charge is 0.513 e. The van der Waals surface area contributed by atoms with E-state index in [1.165, 1.54) is 18.2 Å². The number of hydrogen-bond donors (Lipinski definition) is 2. The van der Waals surface area contributed by atoms with Crippen LogP contribution in [0.2, 0.25) is 0 Å². The lowest BCUT2D eigenvalue weighted by Crippen LogP contribution is -2.43. The van der Waals surface area contributed by atoms with Gasteiger partial charge in [-0.05, 0) is 58.2 Å². The van der Waals surface area contributed by atoms with Crippen LogP contribution in [0.4, 0.5) is 9.59 Å². The highest BCUT2D eigenvalue weighted by atomic mass is 16.7. The molecule has 11 heteroatoms. The van der Waals surface area contributed by atoms with E-state index in [0.29, 0.717) is 18.4 Å². The number of unbranched alkanes of at least 4 members (excludes halogenated alkanes) is 4. The lowest BCUT2D eigenvalue weighted by Gasteiger charge is -2.33. The van der Waals surface area contributed by atoms with Gasteiger partial charge in [-0.15, -0.1) is 0 Å². The van der Waals surface area contributed by atoms with Crippen LogP contribution in [-0.4, -0.2) is 54.7 Å². The highest BCUT2D eigenvalue weighted by molar-refractivity contribution is 5.76.